The number of imidazole rings is 1. The van der Waals surface area contributed by atoms with Gasteiger partial charge in [-0.15, -0.1) is 0 Å². The van der Waals surface area contributed by atoms with Gasteiger partial charge in [0.05, 0.1) is 16.6 Å². The zero-order valence-electron chi connectivity index (χ0n) is 10.2. The number of hydrogen-bond donors (Lipinski definition) is 1. The van der Waals surface area contributed by atoms with Crippen LogP contribution in [0.3, 0.4) is 0 Å². The lowest BCUT2D eigenvalue weighted by molar-refractivity contribution is 0.348. The highest BCUT2D eigenvalue weighted by Crippen LogP contribution is 2.27. The van der Waals surface area contributed by atoms with E-state index in [1.165, 1.54) is 0 Å². The molecule has 88 valence electrons. The third-order valence-corrected chi connectivity index (χ3v) is 3.59. The topological polar surface area (TPSA) is 44.5 Å². The van der Waals surface area contributed by atoms with Crippen LogP contribution in [0.15, 0.2) is 18.2 Å². The Morgan fingerprint density at radius 2 is 2.18 bits per heavy atom. The van der Waals surface area contributed by atoms with Gasteiger partial charge in [-0.1, -0.05) is 13.0 Å². The zero-order chi connectivity index (χ0) is 12.6. The Kier molecular flexibility index (Phi) is 2.80. The fourth-order valence-electron chi connectivity index (χ4n) is 1.98. The molecule has 1 N–H and O–H groups in total. The predicted octanol–water partition coefficient (Wildman–Crippen LogP) is 3.72. The van der Waals surface area contributed by atoms with Gasteiger partial charge in [-0.05, 0) is 44.6 Å². The molecule has 1 aromatic heterocycles. The Bertz CT molecular complexity index is 655. The van der Waals surface area contributed by atoms with Crippen molar-refractivity contribution in [3.05, 3.63) is 28.5 Å². The number of rotatable bonds is 2. The van der Waals surface area contributed by atoms with Crippen LogP contribution in [0, 0.1) is 16.1 Å². The molecular weight excluding hydrogens is 230 g/mol. The first kappa shape index (κ1) is 11.9. The highest BCUT2D eigenvalue weighted by atomic mass is 32.1. The van der Waals surface area contributed by atoms with E-state index in [2.05, 4.69) is 36.4 Å². The van der Waals surface area contributed by atoms with Crippen molar-refractivity contribution in [2.24, 2.45) is 0 Å². The minimum absolute atomic E-state index is 0.0522. The number of fused-ring (bicyclic) bond motifs is 1. The monoisotopic (exact) mass is 245 g/mol. The lowest BCUT2D eigenvalue weighted by Gasteiger charge is -2.25. The van der Waals surface area contributed by atoms with Gasteiger partial charge in [0.25, 0.3) is 0 Å². The molecular formula is C13H15N3S. The second kappa shape index (κ2) is 4.01. The van der Waals surface area contributed by atoms with E-state index in [9.17, 15) is 0 Å². The number of benzene rings is 1. The Morgan fingerprint density at radius 3 is 2.76 bits per heavy atom. The minimum atomic E-state index is -0.0522. The lowest BCUT2D eigenvalue weighted by Crippen LogP contribution is -2.25. The molecule has 0 aliphatic rings. The van der Waals surface area contributed by atoms with Crippen molar-refractivity contribution < 1.29 is 0 Å². The van der Waals surface area contributed by atoms with Crippen molar-refractivity contribution in [3.8, 4) is 6.07 Å². The van der Waals surface area contributed by atoms with E-state index in [0.717, 1.165) is 17.5 Å². The molecule has 0 unspecified atom stereocenters. The molecule has 17 heavy (non-hydrogen) atoms. The molecule has 0 aliphatic carbocycles. The Balaban J connectivity index is 2.88. The maximum atomic E-state index is 9.08. The summed E-state index contributed by atoms with van der Waals surface area (Å²) in [5.74, 6) is 0. The molecule has 0 spiro atoms. The second-order valence-corrected chi connectivity index (χ2v) is 5.13. The van der Waals surface area contributed by atoms with Crippen molar-refractivity contribution in [2.75, 3.05) is 0 Å². The third kappa shape index (κ3) is 1.77. The number of para-hydroxylation sites is 1. The van der Waals surface area contributed by atoms with E-state index >= 15 is 0 Å². The maximum absolute atomic E-state index is 9.08. The van der Waals surface area contributed by atoms with Crippen LogP contribution in [0.25, 0.3) is 11.0 Å². The smallest absolute Gasteiger partial charge is 0.178 e. The SMILES string of the molecule is CCC(C)(C)n1c(=S)[nH]c2c(C#N)cccc21. The van der Waals surface area contributed by atoms with Crippen LogP contribution in [0.5, 0.6) is 0 Å². The molecule has 0 amide bonds. The molecule has 0 saturated carbocycles. The predicted molar refractivity (Wildman–Crippen MR) is 71.5 cm³/mol. The first-order chi connectivity index (χ1) is 8.01. The van der Waals surface area contributed by atoms with Crippen molar-refractivity contribution in [2.45, 2.75) is 32.7 Å². The van der Waals surface area contributed by atoms with Crippen LogP contribution in [-0.2, 0) is 5.54 Å². The number of H-pyrrole nitrogens is 1. The molecule has 2 rings (SSSR count). The van der Waals surface area contributed by atoms with Gasteiger partial charge in [0.2, 0.25) is 0 Å². The van der Waals surface area contributed by atoms with Crippen LogP contribution in [0.2, 0.25) is 0 Å². The summed E-state index contributed by atoms with van der Waals surface area (Å²) >= 11 is 5.37. The number of nitrogens with one attached hydrogen (secondary N) is 1. The summed E-state index contributed by atoms with van der Waals surface area (Å²) in [6.45, 7) is 6.43. The standard InChI is InChI=1S/C13H15N3S/c1-4-13(2,3)16-10-7-5-6-9(8-14)11(10)15-12(16)17/h5-7H,4H2,1-3H3,(H,15,17). The molecule has 0 aliphatic heterocycles. The molecule has 1 aromatic carbocycles. The Hall–Kier alpha value is -1.60. The van der Waals surface area contributed by atoms with E-state index in [1.54, 1.807) is 6.07 Å². The lowest BCUT2D eigenvalue weighted by atomic mass is 10.0. The third-order valence-electron chi connectivity index (χ3n) is 3.31. The first-order valence-electron chi connectivity index (χ1n) is 5.65. The number of aromatic amines is 1. The zero-order valence-corrected chi connectivity index (χ0v) is 11.1. The van der Waals surface area contributed by atoms with Gasteiger partial charge < -0.3 is 9.55 Å². The van der Waals surface area contributed by atoms with Crippen LogP contribution in [0.1, 0.15) is 32.8 Å². The molecule has 4 heteroatoms. The van der Waals surface area contributed by atoms with E-state index in [4.69, 9.17) is 17.5 Å². The summed E-state index contributed by atoms with van der Waals surface area (Å²) in [5, 5.41) is 9.08. The molecule has 0 fully saturated rings. The molecule has 0 radical (unpaired) electrons. The summed E-state index contributed by atoms with van der Waals surface area (Å²) in [7, 11) is 0. The van der Waals surface area contributed by atoms with E-state index in [-0.39, 0.29) is 5.54 Å². The van der Waals surface area contributed by atoms with Crippen LogP contribution < -0.4 is 0 Å². The fourth-order valence-corrected chi connectivity index (χ4v) is 2.43. The average Bonchev–Trinajstić information content (AvgIpc) is 2.65. The van der Waals surface area contributed by atoms with Gasteiger partial charge >= 0.3 is 0 Å². The first-order valence-corrected chi connectivity index (χ1v) is 6.06. The number of hydrogen-bond acceptors (Lipinski definition) is 2. The van der Waals surface area contributed by atoms with E-state index in [0.29, 0.717) is 10.3 Å². The van der Waals surface area contributed by atoms with Gasteiger partial charge in [0.15, 0.2) is 4.77 Å². The van der Waals surface area contributed by atoms with Gasteiger partial charge in [0.1, 0.15) is 6.07 Å². The summed E-state index contributed by atoms with van der Waals surface area (Å²) in [5.41, 5.74) is 2.42. The second-order valence-electron chi connectivity index (χ2n) is 4.74. The Labute approximate surface area is 106 Å². The largest absolute Gasteiger partial charge is 0.329 e. The summed E-state index contributed by atoms with van der Waals surface area (Å²) in [6.07, 6.45) is 0.977. The van der Waals surface area contributed by atoms with E-state index < -0.39 is 0 Å². The van der Waals surface area contributed by atoms with Gasteiger partial charge in [-0.25, -0.2) is 0 Å². The van der Waals surface area contributed by atoms with Gasteiger partial charge in [0, 0.05) is 5.54 Å². The quantitative estimate of drug-likeness (QED) is 0.820. The number of nitriles is 1. The summed E-state index contributed by atoms with van der Waals surface area (Å²) < 4.78 is 2.77. The average molecular weight is 245 g/mol. The molecule has 0 bridgehead atoms. The van der Waals surface area contributed by atoms with Crippen LogP contribution >= 0.6 is 12.2 Å². The van der Waals surface area contributed by atoms with Crippen molar-refractivity contribution in [3.63, 3.8) is 0 Å². The van der Waals surface area contributed by atoms with Crippen LogP contribution in [-0.4, -0.2) is 9.55 Å². The highest BCUT2D eigenvalue weighted by Gasteiger charge is 2.21. The summed E-state index contributed by atoms with van der Waals surface area (Å²) in [6, 6.07) is 7.89. The van der Waals surface area contributed by atoms with Crippen molar-refractivity contribution >= 4 is 23.3 Å². The number of aromatic nitrogens is 2. The van der Waals surface area contributed by atoms with Crippen molar-refractivity contribution in [1.29, 1.82) is 5.26 Å². The number of nitrogens with zero attached hydrogens (tertiary/aromatic N) is 2. The molecule has 3 nitrogen and oxygen atoms in total. The van der Waals surface area contributed by atoms with Crippen LogP contribution in [0.4, 0.5) is 0 Å². The maximum Gasteiger partial charge on any atom is 0.178 e. The minimum Gasteiger partial charge on any atom is -0.329 e. The molecule has 0 saturated heterocycles. The van der Waals surface area contributed by atoms with E-state index in [1.807, 2.05) is 12.1 Å². The summed E-state index contributed by atoms with van der Waals surface area (Å²) in [4.78, 5) is 3.14. The van der Waals surface area contributed by atoms with Crippen molar-refractivity contribution in [1.82, 2.24) is 9.55 Å². The normalized spacial score (nSPS) is 11.6. The van der Waals surface area contributed by atoms with Gasteiger partial charge in [-0.3, -0.25) is 0 Å². The molecule has 2 aromatic rings. The molecule has 1 heterocycles. The fraction of sp³-hybridized carbons (Fsp3) is 0.385. The highest BCUT2D eigenvalue weighted by molar-refractivity contribution is 7.71. The van der Waals surface area contributed by atoms with Gasteiger partial charge in [-0.2, -0.15) is 5.26 Å². The molecule has 0 atom stereocenters. The Morgan fingerprint density at radius 1 is 1.47 bits per heavy atom.